The van der Waals surface area contributed by atoms with E-state index < -0.39 is 0 Å². The van der Waals surface area contributed by atoms with Gasteiger partial charge in [0.15, 0.2) is 5.78 Å². The van der Waals surface area contributed by atoms with Gasteiger partial charge in [0.2, 0.25) is 0 Å². The van der Waals surface area contributed by atoms with Gasteiger partial charge in [-0.1, -0.05) is 51.5 Å². The molecule has 1 rings (SSSR count). The Labute approximate surface area is 104 Å². The average Bonchev–Trinajstić information content (AvgIpc) is 2.36. The first kappa shape index (κ1) is 13.9. The lowest BCUT2D eigenvalue weighted by atomic mass is 9.85. The van der Waals surface area contributed by atoms with Crippen molar-refractivity contribution < 1.29 is 9.90 Å². The van der Waals surface area contributed by atoms with Crippen LogP contribution in [0.4, 0.5) is 0 Å². The fraction of sp³-hybridized carbons (Fsp3) is 0.533. The lowest BCUT2D eigenvalue weighted by Crippen LogP contribution is -2.21. The number of aliphatic hydroxyl groups excluding tert-OH is 1. The van der Waals surface area contributed by atoms with Gasteiger partial charge in [-0.2, -0.15) is 0 Å². The van der Waals surface area contributed by atoms with Crippen molar-refractivity contribution in [3.63, 3.8) is 0 Å². The molecule has 0 amide bonds. The molecule has 0 radical (unpaired) electrons. The highest BCUT2D eigenvalue weighted by Crippen LogP contribution is 2.23. The standard InChI is InChI=1S/C15H22O2/c1-4-5-6-14(17)12-7-9-13(10-8-12)15(2,3)11-16/h7-10,16H,4-6,11H2,1-3H3. The zero-order valence-corrected chi connectivity index (χ0v) is 11.0. The normalized spacial score (nSPS) is 11.5. The van der Waals surface area contributed by atoms with Crippen molar-refractivity contribution in [2.45, 2.75) is 45.4 Å². The SMILES string of the molecule is CCCCC(=O)c1ccc(C(C)(C)CO)cc1. The van der Waals surface area contributed by atoms with Crippen LogP contribution in [0.2, 0.25) is 0 Å². The van der Waals surface area contributed by atoms with Crippen molar-refractivity contribution >= 4 is 5.78 Å². The first-order chi connectivity index (χ1) is 8.01. The fourth-order valence-corrected chi connectivity index (χ4v) is 1.68. The number of rotatable bonds is 6. The number of carbonyl (C=O) groups is 1. The maximum atomic E-state index is 11.8. The van der Waals surface area contributed by atoms with Gasteiger partial charge in [-0.25, -0.2) is 0 Å². The van der Waals surface area contributed by atoms with E-state index in [1.807, 2.05) is 38.1 Å². The summed E-state index contributed by atoms with van der Waals surface area (Å²) in [6, 6.07) is 7.61. The van der Waals surface area contributed by atoms with Crippen LogP contribution in [0, 0.1) is 0 Å². The van der Waals surface area contributed by atoms with Crippen LogP contribution in [0.15, 0.2) is 24.3 Å². The van der Waals surface area contributed by atoms with Gasteiger partial charge in [-0.15, -0.1) is 0 Å². The minimum Gasteiger partial charge on any atom is -0.395 e. The van der Waals surface area contributed by atoms with Crippen LogP contribution in [-0.4, -0.2) is 17.5 Å². The maximum absolute atomic E-state index is 11.8. The summed E-state index contributed by atoms with van der Waals surface area (Å²) in [6.45, 7) is 6.16. The predicted octanol–water partition coefficient (Wildman–Crippen LogP) is 3.33. The fourth-order valence-electron chi connectivity index (χ4n) is 1.68. The summed E-state index contributed by atoms with van der Waals surface area (Å²) in [5, 5.41) is 9.28. The second kappa shape index (κ2) is 5.97. The lowest BCUT2D eigenvalue weighted by molar-refractivity contribution is 0.0979. The number of carbonyl (C=O) groups excluding carboxylic acids is 1. The van der Waals surface area contributed by atoms with Gasteiger partial charge in [-0.3, -0.25) is 4.79 Å². The molecule has 1 N–H and O–H groups in total. The highest BCUT2D eigenvalue weighted by Gasteiger charge is 2.19. The minimum atomic E-state index is -0.245. The van der Waals surface area contributed by atoms with Crippen molar-refractivity contribution in [2.24, 2.45) is 0 Å². The van der Waals surface area contributed by atoms with Gasteiger partial charge in [0.25, 0.3) is 0 Å². The van der Waals surface area contributed by atoms with E-state index in [0.717, 1.165) is 24.0 Å². The molecule has 0 saturated heterocycles. The Hall–Kier alpha value is -1.15. The summed E-state index contributed by atoms with van der Waals surface area (Å²) in [5.41, 5.74) is 1.59. The summed E-state index contributed by atoms with van der Waals surface area (Å²) < 4.78 is 0. The molecule has 0 aliphatic rings. The first-order valence-electron chi connectivity index (χ1n) is 6.26. The molecule has 0 aliphatic heterocycles. The van der Waals surface area contributed by atoms with Crippen molar-refractivity contribution in [3.8, 4) is 0 Å². The minimum absolute atomic E-state index is 0.107. The topological polar surface area (TPSA) is 37.3 Å². The molecular weight excluding hydrogens is 212 g/mol. The van der Waals surface area contributed by atoms with Crippen molar-refractivity contribution in [3.05, 3.63) is 35.4 Å². The van der Waals surface area contributed by atoms with Crippen LogP contribution in [0.1, 0.15) is 56.0 Å². The van der Waals surface area contributed by atoms with Crippen molar-refractivity contribution in [1.82, 2.24) is 0 Å². The summed E-state index contributed by atoms with van der Waals surface area (Å²) in [7, 11) is 0. The summed E-state index contributed by atoms with van der Waals surface area (Å²) in [6.07, 6.45) is 2.61. The Balaban J connectivity index is 2.78. The van der Waals surface area contributed by atoms with E-state index in [9.17, 15) is 9.90 Å². The molecule has 0 atom stereocenters. The van der Waals surface area contributed by atoms with Crippen LogP contribution in [0.5, 0.6) is 0 Å². The smallest absolute Gasteiger partial charge is 0.162 e. The third kappa shape index (κ3) is 3.67. The van der Waals surface area contributed by atoms with Crippen LogP contribution in [-0.2, 0) is 5.41 Å². The van der Waals surface area contributed by atoms with Gasteiger partial charge in [0.1, 0.15) is 0 Å². The number of Topliss-reactive ketones (excluding diaryl/α,β-unsaturated/α-hetero) is 1. The molecule has 0 heterocycles. The molecule has 0 bridgehead atoms. The Kier molecular flexibility index (Phi) is 4.88. The molecule has 0 fully saturated rings. The van der Waals surface area contributed by atoms with Crippen LogP contribution >= 0.6 is 0 Å². The second-order valence-corrected chi connectivity index (χ2v) is 5.15. The predicted molar refractivity (Wildman–Crippen MR) is 70.4 cm³/mol. The van der Waals surface area contributed by atoms with Crippen LogP contribution < -0.4 is 0 Å². The van der Waals surface area contributed by atoms with E-state index in [4.69, 9.17) is 0 Å². The molecule has 94 valence electrons. The van der Waals surface area contributed by atoms with Gasteiger partial charge in [0.05, 0.1) is 6.61 Å². The van der Waals surface area contributed by atoms with Gasteiger partial charge in [-0.05, 0) is 12.0 Å². The van der Waals surface area contributed by atoms with Gasteiger partial charge >= 0.3 is 0 Å². The maximum Gasteiger partial charge on any atom is 0.162 e. The number of aliphatic hydroxyl groups is 1. The van der Waals surface area contributed by atoms with E-state index in [-0.39, 0.29) is 17.8 Å². The molecule has 0 aromatic heterocycles. The van der Waals surface area contributed by atoms with E-state index in [1.54, 1.807) is 0 Å². The Morgan fingerprint density at radius 2 is 1.82 bits per heavy atom. The van der Waals surface area contributed by atoms with E-state index in [2.05, 4.69) is 6.92 Å². The number of ketones is 1. The molecule has 1 aromatic carbocycles. The Morgan fingerprint density at radius 3 is 2.29 bits per heavy atom. The second-order valence-electron chi connectivity index (χ2n) is 5.15. The molecule has 0 saturated carbocycles. The molecule has 1 aromatic rings. The molecule has 0 unspecified atom stereocenters. The summed E-state index contributed by atoms with van der Waals surface area (Å²) in [4.78, 5) is 11.8. The number of unbranched alkanes of at least 4 members (excludes halogenated alkanes) is 1. The molecule has 2 nitrogen and oxygen atoms in total. The van der Waals surface area contributed by atoms with Crippen LogP contribution in [0.25, 0.3) is 0 Å². The van der Waals surface area contributed by atoms with Gasteiger partial charge < -0.3 is 5.11 Å². The third-order valence-electron chi connectivity index (χ3n) is 3.14. The number of benzene rings is 1. The average molecular weight is 234 g/mol. The van der Waals surface area contributed by atoms with Gasteiger partial charge in [0, 0.05) is 17.4 Å². The Bertz CT molecular complexity index is 363. The zero-order chi connectivity index (χ0) is 12.9. The molecule has 0 aliphatic carbocycles. The molecule has 0 spiro atoms. The van der Waals surface area contributed by atoms with E-state index >= 15 is 0 Å². The highest BCUT2D eigenvalue weighted by molar-refractivity contribution is 5.96. The Morgan fingerprint density at radius 1 is 1.24 bits per heavy atom. The van der Waals surface area contributed by atoms with E-state index in [1.165, 1.54) is 0 Å². The first-order valence-corrected chi connectivity index (χ1v) is 6.26. The number of hydrogen-bond acceptors (Lipinski definition) is 2. The molecule has 17 heavy (non-hydrogen) atoms. The monoisotopic (exact) mass is 234 g/mol. The molecular formula is C15H22O2. The number of hydrogen-bond donors (Lipinski definition) is 1. The highest BCUT2D eigenvalue weighted by atomic mass is 16.3. The summed E-state index contributed by atoms with van der Waals surface area (Å²) in [5.74, 6) is 0.209. The summed E-state index contributed by atoms with van der Waals surface area (Å²) >= 11 is 0. The van der Waals surface area contributed by atoms with Crippen molar-refractivity contribution in [2.75, 3.05) is 6.61 Å². The molecule has 2 heteroatoms. The third-order valence-corrected chi connectivity index (χ3v) is 3.14. The quantitative estimate of drug-likeness (QED) is 0.767. The zero-order valence-electron chi connectivity index (χ0n) is 11.0. The van der Waals surface area contributed by atoms with Crippen LogP contribution in [0.3, 0.4) is 0 Å². The largest absolute Gasteiger partial charge is 0.395 e. The van der Waals surface area contributed by atoms with E-state index in [0.29, 0.717) is 6.42 Å². The van der Waals surface area contributed by atoms with Crippen molar-refractivity contribution in [1.29, 1.82) is 0 Å². The lowest BCUT2D eigenvalue weighted by Gasteiger charge is -2.22.